The van der Waals surface area contributed by atoms with Crippen molar-refractivity contribution >= 4 is 5.69 Å². The van der Waals surface area contributed by atoms with Crippen molar-refractivity contribution in [2.75, 3.05) is 5.32 Å². The Kier molecular flexibility index (Phi) is 3.99. The number of imidazole rings is 1. The van der Waals surface area contributed by atoms with Crippen LogP contribution in [0.25, 0.3) is 0 Å². The van der Waals surface area contributed by atoms with Gasteiger partial charge in [-0.25, -0.2) is 4.98 Å². The Balaban J connectivity index is 2.10. The molecule has 0 bridgehead atoms. The number of rotatable bonds is 5. The molecule has 0 radical (unpaired) electrons. The molecule has 96 valence electrons. The van der Waals surface area contributed by atoms with Crippen LogP contribution in [-0.4, -0.2) is 20.9 Å². The first-order valence-electron chi connectivity index (χ1n) is 6.20. The minimum Gasteiger partial charge on any atom is -0.374 e. The Morgan fingerprint density at radius 2 is 2.28 bits per heavy atom. The first-order chi connectivity index (χ1) is 8.69. The van der Waals surface area contributed by atoms with Crippen LogP contribution in [0.4, 0.5) is 5.69 Å². The Morgan fingerprint density at radius 1 is 1.44 bits per heavy atom. The summed E-state index contributed by atoms with van der Waals surface area (Å²) in [7, 11) is 0. The summed E-state index contributed by atoms with van der Waals surface area (Å²) in [6.07, 6.45) is 3.97. The van der Waals surface area contributed by atoms with E-state index in [0.29, 0.717) is 6.42 Å². The maximum Gasteiger partial charge on any atom is 0.124 e. The molecule has 1 atom stereocenters. The molecule has 1 aromatic carbocycles. The number of aliphatic hydroxyl groups excluding tert-OH is 1. The number of nitrogens with zero attached hydrogens (tertiary/aromatic N) is 2. The zero-order chi connectivity index (χ0) is 13.0. The molecule has 2 rings (SSSR count). The summed E-state index contributed by atoms with van der Waals surface area (Å²) < 4.78 is 2.09. The summed E-state index contributed by atoms with van der Waals surface area (Å²) in [5.41, 5.74) is 2.13. The van der Waals surface area contributed by atoms with E-state index in [2.05, 4.69) is 27.0 Å². The van der Waals surface area contributed by atoms with Crippen LogP contribution in [0.1, 0.15) is 24.7 Å². The molecule has 0 saturated carbocycles. The molecule has 0 fully saturated rings. The molecular weight excluding hydrogens is 226 g/mol. The largest absolute Gasteiger partial charge is 0.374 e. The van der Waals surface area contributed by atoms with Crippen LogP contribution in [-0.2, 0) is 6.54 Å². The van der Waals surface area contributed by atoms with Gasteiger partial charge in [-0.15, -0.1) is 0 Å². The van der Waals surface area contributed by atoms with Crippen molar-refractivity contribution in [1.82, 2.24) is 9.55 Å². The van der Waals surface area contributed by atoms with E-state index in [0.717, 1.165) is 18.1 Å². The van der Waals surface area contributed by atoms with Gasteiger partial charge in [0, 0.05) is 24.6 Å². The zero-order valence-electron chi connectivity index (χ0n) is 10.8. The minimum atomic E-state index is -0.491. The van der Waals surface area contributed by atoms with Gasteiger partial charge in [0.1, 0.15) is 12.1 Å². The van der Waals surface area contributed by atoms with Crippen LogP contribution < -0.4 is 5.32 Å². The lowest BCUT2D eigenvalue weighted by molar-refractivity contribution is 0.199. The molecule has 0 spiro atoms. The number of aryl methyl sites for hydroxylation is 1. The molecule has 0 amide bonds. The average Bonchev–Trinajstić information content (AvgIpc) is 2.75. The molecule has 2 aromatic rings. The molecule has 4 heteroatoms. The lowest BCUT2D eigenvalue weighted by Gasteiger charge is -2.13. The van der Waals surface area contributed by atoms with Gasteiger partial charge in [0.05, 0.1) is 0 Å². The van der Waals surface area contributed by atoms with Crippen LogP contribution >= 0.6 is 0 Å². The minimum absolute atomic E-state index is 0.491. The Hall–Kier alpha value is -1.81. The molecule has 1 unspecified atom stereocenters. The van der Waals surface area contributed by atoms with Gasteiger partial charge in [0.2, 0.25) is 0 Å². The van der Waals surface area contributed by atoms with Gasteiger partial charge >= 0.3 is 0 Å². The van der Waals surface area contributed by atoms with Crippen molar-refractivity contribution in [3.05, 3.63) is 48.0 Å². The molecule has 2 N–H and O–H groups in total. The van der Waals surface area contributed by atoms with Crippen molar-refractivity contribution in [2.45, 2.75) is 33.0 Å². The normalized spacial score (nSPS) is 12.4. The first-order valence-corrected chi connectivity index (χ1v) is 6.20. The molecule has 1 heterocycles. The Bertz CT molecular complexity index is 507. The van der Waals surface area contributed by atoms with Crippen LogP contribution in [0.15, 0.2) is 36.7 Å². The van der Waals surface area contributed by atoms with Crippen molar-refractivity contribution in [3.8, 4) is 0 Å². The summed E-state index contributed by atoms with van der Waals surface area (Å²) >= 11 is 0. The van der Waals surface area contributed by atoms with E-state index in [9.17, 15) is 5.11 Å². The predicted octanol–water partition coefficient (Wildman–Crippen LogP) is 2.38. The third-order valence-corrected chi connectivity index (χ3v) is 2.92. The number of hydrogen-bond acceptors (Lipinski definition) is 3. The van der Waals surface area contributed by atoms with E-state index in [-0.39, 0.29) is 0 Å². The van der Waals surface area contributed by atoms with E-state index in [1.165, 1.54) is 5.56 Å². The maximum atomic E-state index is 9.58. The highest BCUT2D eigenvalue weighted by Gasteiger charge is 2.02. The smallest absolute Gasteiger partial charge is 0.124 e. The topological polar surface area (TPSA) is 50.1 Å². The fourth-order valence-electron chi connectivity index (χ4n) is 1.82. The maximum absolute atomic E-state index is 9.58. The summed E-state index contributed by atoms with van der Waals surface area (Å²) in [6, 6.07) is 8.08. The van der Waals surface area contributed by atoms with E-state index < -0.39 is 6.23 Å². The molecule has 0 aliphatic heterocycles. The first kappa shape index (κ1) is 12.6. The molecular formula is C14H19N3O. The molecule has 18 heavy (non-hydrogen) atoms. The van der Waals surface area contributed by atoms with E-state index >= 15 is 0 Å². The summed E-state index contributed by atoms with van der Waals surface area (Å²) in [5.74, 6) is 1.00. The molecule has 0 aliphatic carbocycles. The van der Waals surface area contributed by atoms with Gasteiger partial charge in [-0.2, -0.15) is 0 Å². The van der Waals surface area contributed by atoms with Crippen LogP contribution in [0.3, 0.4) is 0 Å². The number of aliphatic hydroxyl groups is 1. The SMILES string of the molecule is CCC(O)Nc1cccc(Cn2ccnc2C)c1. The fourth-order valence-corrected chi connectivity index (χ4v) is 1.82. The van der Waals surface area contributed by atoms with Crippen molar-refractivity contribution in [3.63, 3.8) is 0 Å². The number of aromatic nitrogens is 2. The summed E-state index contributed by atoms with van der Waals surface area (Å²) in [5, 5.41) is 12.6. The second kappa shape index (κ2) is 5.69. The van der Waals surface area contributed by atoms with Gasteiger partial charge in [-0.3, -0.25) is 0 Å². The number of anilines is 1. The number of nitrogens with one attached hydrogen (secondary N) is 1. The Labute approximate surface area is 107 Å². The zero-order valence-corrected chi connectivity index (χ0v) is 10.8. The van der Waals surface area contributed by atoms with Crippen LogP contribution in [0.5, 0.6) is 0 Å². The van der Waals surface area contributed by atoms with Crippen molar-refractivity contribution in [1.29, 1.82) is 0 Å². The summed E-state index contributed by atoms with van der Waals surface area (Å²) in [4.78, 5) is 4.20. The summed E-state index contributed by atoms with van der Waals surface area (Å²) in [6.45, 7) is 4.73. The average molecular weight is 245 g/mol. The van der Waals surface area contributed by atoms with E-state index in [1.807, 2.05) is 32.2 Å². The van der Waals surface area contributed by atoms with Gasteiger partial charge in [0.15, 0.2) is 0 Å². The monoisotopic (exact) mass is 245 g/mol. The lowest BCUT2D eigenvalue weighted by atomic mass is 10.2. The third kappa shape index (κ3) is 3.11. The highest BCUT2D eigenvalue weighted by molar-refractivity contribution is 5.46. The van der Waals surface area contributed by atoms with Crippen LogP contribution in [0, 0.1) is 6.92 Å². The van der Waals surface area contributed by atoms with Crippen molar-refractivity contribution in [2.24, 2.45) is 0 Å². The highest BCUT2D eigenvalue weighted by atomic mass is 16.3. The van der Waals surface area contributed by atoms with Gasteiger partial charge < -0.3 is 15.0 Å². The Morgan fingerprint density at radius 3 is 2.94 bits per heavy atom. The third-order valence-electron chi connectivity index (χ3n) is 2.92. The number of hydrogen-bond donors (Lipinski definition) is 2. The van der Waals surface area contributed by atoms with Gasteiger partial charge in [0.25, 0.3) is 0 Å². The predicted molar refractivity (Wildman–Crippen MR) is 72.4 cm³/mol. The lowest BCUT2D eigenvalue weighted by Crippen LogP contribution is -2.17. The van der Waals surface area contributed by atoms with E-state index in [1.54, 1.807) is 6.20 Å². The van der Waals surface area contributed by atoms with Gasteiger partial charge in [-0.1, -0.05) is 19.1 Å². The molecule has 4 nitrogen and oxygen atoms in total. The standard InChI is InChI=1S/C14H19N3O/c1-3-14(18)16-13-6-4-5-12(9-13)10-17-8-7-15-11(17)2/h4-9,14,16,18H,3,10H2,1-2H3. The van der Waals surface area contributed by atoms with E-state index in [4.69, 9.17) is 0 Å². The second-order valence-electron chi connectivity index (χ2n) is 4.37. The quantitative estimate of drug-likeness (QED) is 0.795. The molecule has 0 aliphatic rings. The molecule has 0 saturated heterocycles. The number of benzene rings is 1. The fraction of sp³-hybridized carbons (Fsp3) is 0.357. The van der Waals surface area contributed by atoms with Gasteiger partial charge in [-0.05, 0) is 31.0 Å². The van der Waals surface area contributed by atoms with Crippen molar-refractivity contribution < 1.29 is 5.11 Å². The molecule has 1 aromatic heterocycles. The second-order valence-corrected chi connectivity index (χ2v) is 4.37. The van der Waals surface area contributed by atoms with Crippen LogP contribution in [0.2, 0.25) is 0 Å². The highest BCUT2D eigenvalue weighted by Crippen LogP contribution is 2.13.